The zero-order valence-corrected chi connectivity index (χ0v) is 17.5. The summed E-state index contributed by atoms with van der Waals surface area (Å²) < 4.78 is 11.6. The molecule has 3 rings (SSSR count). The number of carbonyl (C=O) groups is 2. The van der Waals surface area contributed by atoms with E-state index in [4.69, 9.17) is 9.47 Å². The molecule has 8 heteroatoms. The van der Waals surface area contributed by atoms with E-state index in [9.17, 15) is 14.4 Å². The summed E-state index contributed by atoms with van der Waals surface area (Å²) in [5, 5.41) is 0.344. The van der Waals surface area contributed by atoms with Crippen LogP contribution in [0.1, 0.15) is 39.4 Å². The van der Waals surface area contributed by atoms with Gasteiger partial charge in [-0.25, -0.2) is 9.78 Å². The maximum absolute atomic E-state index is 12.9. The van der Waals surface area contributed by atoms with Crippen molar-refractivity contribution in [3.8, 4) is 5.75 Å². The molecule has 0 aliphatic carbocycles. The van der Waals surface area contributed by atoms with Crippen LogP contribution in [0.3, 0.4) is 0 Å². The Morgan fingerprint density at radius 2 is 1.90 bits per heavy atom. The maximum atomic E-state index is 12.9. The highest BCUT2D eigenvalue weighted by Gasteiger charge is 2.21. The lowest BCUT2D eigenvalue weighted by Crippen LogP contribution is -2.24. The van der Waals surface area contributed by atoms with E-state index < -0.39 is 5.97 Å². The van der Waals surface area contributed by atoms with Crippen LogP contribution in [0.25, 0.3) is 10.2 Å². The van der Waals surface area contributed by atoms with Gasteiger partial charge in [0.05, 0.1) is 32.0 Å². The van der Waals surface area contributed by atoms with Crippen LogP contribution >= 0.6 is 11.3 Å². The normalized spacial score (nSPS) is 11.1. The van der Waals surface area contributed by atoms with Crippen molar-refractivity contribution in [3.05, 3.63) is 57.0 Å². The number of benzene rings is 1. The highest BCUT2D eigenvalue weighted by atomic mass is 32.1. The minimum absolute atomic E-state index is 0.142. The average molecular weight is 414 g/mol. The number of methoxy groups -OCH3 is 1. The summed E-state index contributed by atoms with van der Waals surface area (Å²) in [6.07, 6.45) is 1.34. The third-order valence-electron chi connectivity index (χ3n) is 4.38. The Balaban J connectivity index is 1.89. The summed E-state index contributed by atoms with van der Waals surface area (Å²) in [6.45, 7) is 5.76. The number of nitrogens with zero attached hydrogens (tertiary/aromatic N) is 2. The summed E-state index contributed by atoms with van der Waals surface area (Å²) in [7, 11) is 1.55. The summed E-state index contributed by atoms with van der Waals surface area (Å²) in [5.41, 5.74) is 0.647. The molecular weight excluding hydrogens is 392 g/mol. The zero-order chi connectivity index (χ0) is 21.1. The summed E-state index contributed by atoms with van der Waals surface area (Å²) >= 11 is 1.13. The van der Waals surface area contributed by atoms with Crippen LogP contribution in [-0.4, -0.2) is 35.0 Å². The lowest BCUT2D eigenvalue weighted by molar-refractivity contribution is 0.0464. The summed E-state index contributed by atoms with van der Waals surface area (Å²) in [5.74, 6) is 0.181. The maximum Gasteiger partial charge on any atom is 0.348 e. The Morgan fingerprint density at radius 1 is 1.21 bits per heavy atom. The molecule has 152 valence electrons. The van der Waals surface area contributed by atoms with Gasteiger partial charge in [0, 0.05) is 5.56 Å². The van der Waals surface area contributed by atoms with Crippen molar-refractivity contribution in [3.63, 3.8) is 0 Å². The van der Waals surface area contributed by atoms with E-state index in [1.807, 2.05) is 13.8 Å². The van der Waals surface area contributed by atoms with E-state index >= 15 is 0 Å². The molecule has 0 aliphatic rings. The largest absolute Gasteiger partial charge is 0.497 e. The second-order valence-corrected chi connectivity index (χ2v) is 8.06. The van der Waals surface area contributed by atoms with Gasteiger partial charge in [-0.1, -0.05) is 13.8 Å². The minimum atomic E-state index is -0.459. The van der Waals surface area contributed by atoms with Crippen LogP contribution in [0.2, 0.25) is 0 Å². The number of ether oxygens (including phenoxy) is 2. The summed E-state index contributed by atoms with van der Waals surface area (Å²) in [6, 6.07) is 6.68. The molecule has 2 heterocycles. The third-order valence-corrected chi connectivity index (χ3v) is 5.56. The van der Waals surface area contributed by atoms with Crippen LogP contribution in [0, 0.1) is 12.8 Å². The molecule has 0 amide bonds. The van der Waals surface area contributed by atoms with Crippen molar-refractivity contribution < 1.29 is 19.1 Å². The molecule has 0 radical (unpaired) electrons. The number of esters is 1. The Kier molecular flexibility index (Phi) is 6.12. The Hall–Kier alpha value is -3.00. The molecule has 0 saturated heterocycles. The second-order valence-electron chi connectivity index (χ2n) is 7.06. The predicted octanol–water partition coefficient (Wildman–Crippen LogP) is 3.47. The number of rotatable bonds is 7. The lowest BCUT2D eigenvalue weighted by atomic mass is 10.1. The van der Waals surface area contributed by atoms with Gasteiger partial charge in [0.1, 0.15) is 15.5 Å². The molecule has 0 unspecified atom stereocenters. The van der Waals surface area contributed by atoms with Gasteiger partial charge in [-0.15, -0.1) is 11.3 Å². The van der Waals surface area contributed by atoms with Gasteiger partial charge in [0.15, 0.2) is 5.78 Å². The second kappa shape index (κ2) is 8.57. The molecule has 1 aromatic carbocycles. The SMILES string of the molecule is COc1ccc(C(=O)Cn2cnc3sc(C(=O)OCC(C)C)c(C)c3c2=O)cc1. The van der Waals surface area contributed by atoms with Crippen molar-refractivity contribution >= 4 is 33.3 Å². The number of hydrogen-bond donors (Lipinski definition) is 0. The molecule has 3 aromatic rings. The fourth-order valence-corrected chi connectivity index (χ4v) is 3.83. The van der Waals surface area contributed by atoms with Crippen molar-refractivity contribution in [2.24, 2.45) is 5.92 Å². The van der Waals surface area contributed by atoms with E-state index in [-0.39, 0.29) is 23.8 Å². The summed E-state index contributed by atoms with van der Waals surface area (Å²) in [4.78, 5) is 42.9. The molecular formula is C21H22N2O5S. The Morgan fingerprint density at radius 3 is 2.52 bits per heavy atom. The molecule has 0 fully saturated rings. The van der Waals surface area contributed by atoms with E-state index in [1.165, 1.54) is 10.9 Å². The van der Waals surface area contributed by atoms with E-state index in [0.717, 1.165) is 11.3 Å². The molecule has 0 bridgehead atoms. The number of carbonyl (C=O) groups excluding carboxylic acids is 2. The monoisotopic (exact) mass is 414 g/mol. The number of ketones is 1. The van der Waals surface area contributed by atoms with Crippen molar-refractivity contribution in [2.45, 2.75) is 27.3 Å². The first-order valence-corrected chi connectivity index (χ1v) is 9.96. The quantitative estimate of drug-likeness (QED) is 0.435. The molecule has 0 aliphatic heterocycles. The standard InChI is InChI=1S/C21H22N2O5S/c1-12(2)10-28-21(26)18-13(3)17-19(29-18)22-11-23(20(17)25)9-16(24)14-5-7-15(27-4)8-6-14/h5-8,11-12H,9-10H2,1-4H3. The van der Waals surface area contributed by atoms with Crippen molar-refractivity contribution in [1.29, 1.82) is 0 Å². The minimum Gasteiger partial charge on any atom is -0.497 e. The number of fused-ring (bicyclic) bond motifs is 1. The average Bonchev–Trinajstić information content (AvgIpc) is 3.05. The van der Waals surface area contributed by atoms with Crippen molar-refractivity contribution in [1.82, 2.24) is 9.55 Å². The molecule has 0 saturated carbocycles. The molecule has 0 spiro atoms. The van der Waals surface area contributed by atoms with E-state index in [2.05, 4.69) is 4.98 Å². The number of hydrogen-bond acceptors (Lipinski definition) is 7. The van der Waals surface area contributed by atoms with Crippen LogP contribution in [-0.2, 0) is 11.3 Å². The number of aryl methyl sites for hydroxylation is 1. The first kappa shape index (κ1) is 20.7. The number of Topliss-reactive ketones (excluding diaryl/α,β-unsaturated/α-hetero) is 1. The van der Waals surface area contributed by atoms with E-state index in [0.29, 0.717) is 38.6 Å². The van der Waals surface area contributed by atoms with Gasteiger partial charge in [0.2, 0.25) is 0 Å². The lowest BCUT2D eigenvalue weighted by Gasteiger charge is -2.06. The fraction of sp³-hybridized carbons (Fsp3) is 0.333. The van der Waals surface area contributed by atoms with Gasteiger partial charge in [-0.3, -0.25) is 14.2 Å². The number of thiophene rings is 1. The molecule has 29 heavy (non-hydrogen) atoms. The van der Waals surface area contributed by atoms with Gasteiger partial charge < -0.3 is 9.47 Å². The van der Waals surface area contributed by atoms with Gasteiger partial charge >= 0.3 is 5.97 Å². The van der Waals surface area contributed by atoms with Crippen LogP contribution in [0.5, 0.6) is 5.75 Å². The van der Waals surface area contributed by atoms with Crippen LogP contribution in [0.15, 0.2) is 35.4 Å². The highest BCUT2D eigenvalue weighted by molar-refractivity contribution is 7.20. The predicted molar refractivity (Wildman–Crippen MR) is 111 cm³/mol. The van der Waals surface area contributed by atoms with Gasteiger partial charge in [-0.2, -0.15) is 0 Å². The Labute approximate surface area is 171 Å². The van der Waals surface area contributed by atoms with Crippen LogP contribution in [0.4, 0.5) is 0 Å². The highest BCUT2D eigenvalue weighted by Crippen LogP contribution is 2.27. The first-order chi connectivity index (χ1) is 13.8. The molecule has 0 N–H and O–H groups in total. The first-order valence-electron chi connectivity index (χ1n) is 9.14. The van der Waals surface area contributed by atoms with Crippen LogP contribution < -0.4 is 10.3 Å². The topological polar surface area (TPSA) is 87.5 Å². The third kappa shape index (κ3) is 4.37. The Bertz CT molecular complexity index is 1110. The smallest absolute Gasteiger partial charge is 0.348 e. The number of aromatic nitrogens is 2. The van der Waals surface area contributed by atoms with E-state index in [1.54, 1.807) is 38.3 Å². The van der Waals surface area contributed by atoms with Crippen molar-refractivity contribution in [2.75, 3.05) is 13.7 Å². The molecule has 2 aromatic heterocycles. The zero-order valence-electron chi connectivity index (χ0n) is 16.7. The molecule has 0 atom stereocenters. The fourth-order valence-electron chi connectivity index (χ4n) is 2.80. The van der Waals surface area contributed by atoms with Gasteiger partial charge in [-0.05, 0) is 42.7 Å². The van der Waals surface area contributed by atoms with Gasteiger partial charge in [0.25, 0.3) is 5.56 Å². The molecule has 7 nitrogen and oxygen atoms in total.